The molecule has 6 heteroatoms. The maximum absolute atomic E-state index is 9.56. The molecule has 0 unspecified atom stereocenters. The third-order valence-electron chi connectivity index (χ3n) is 3.89. The molecule has 23 heavy (non-hydrogen) atoms. The van der Waals surface area contributed by atoms with Gasteiger partial charge in [0.2, 0.25) is 12.7 Å². The fourth-order valence-electron chi connectivity index (χ4n) is 2.88. The van der Waals surface area contributed by atoms with E-state index in [1.54, 1.807) is 6.07 Å². The molecule has 2 N–H and O–H groups in total. The van der Waals surface area contributed by atoms with Crippen LogP contribution in [0.2, 0.25) is 0 Å². The lowest BCUT2D eigenvalue weighted by molar-refractivity contribution is 0.174. The highest BCUT2D eigenvalue weighted by molar-refractivity contribution is 14.1. The van der Waals surface area contributed by atoms with Crippen molar-refractivity contribution in [3.8, 4) is 23.3 Å². The molecular weight excluding hydrogens is 407 g/mol. The van der Waals surface area contributed by atoms with E-state index in [9.17, 15) is 5.26 Å². The van der Waals surface area contributed by atoms with Crippen LogP contribution in [0.3, 0.4) is 0 Å². The highest BCUT2D eigenvalue weighted by Gasteiger charge is 2.33. The van der Waals surface area contributed by atoms with E-state index in [4.69, 9.17) is 19.9 Å². The molecule has 0 aromatic heterocycles. The lowest BCUT2D eigenvalue weighted by Gasteiger charge is -2.26. The molecule has 0 aliphatic carbocycles. The smallest absolute Gasteiger partial charge is 0.231 e. The number of nitriles is 1. The van der Waals surface area contributed by atoms with Crippen LogP contribution in [0.25, 0.3) is 0 Å². The summed E-state index contributed by atoms with van der Waals surface area (Å²) >= 11 is 2.25. The van der Waals surface area contributed by atoms with Crippen molar-refractivity contribution in [1.82, 2.24) is 0 Å². The van der Waals surface area contributed by atoms with E-state index in [2.05, 4.69) is 28.7 Å². The standard InChI is InChI=1S/C17H11IN2O3/c18-10-3-1-2-9(4-10)16-11-5-14-15(22-8-21-14)6-13(11)23-17(20)12(16)7-19/h1-6,16H,8,20H2/t16-/m1/s1. The Kier molecular flexibility index (Phi) is 3.31. The van der Waals surface area contributed by atoms with Gasteiger partial charge in [-0.3, -0.25) is 0 Å². The van der Waals surface area contributed by atoms with Crippen LogP contribution >= 0.6 is 22.6 Å². The molecule has 2 heterocycles. The maximum Gasteiger partial charge on any atom is 0.231 e. The third kappa shape index (κ3) is 2.28. The number of ether oxygens (including phenoxy) is 3. The Morgan fingerprint density at radius 1 is 1.13 bits per heavy atom. The summed E-state index contributed by atoms with van der Waals surface area (Å²) in [6, 6.07) is 13.8. The van der Waals surface area contributed by atoms with E-state index in [0.29, 0.717) is 22.8 Å². The van der Waals surface area contributed by atoms with Gasteiger partial charge in [-0.15, -0.1) is 0 Å². The van der Waals surface area contributed by atoms with Gasteiger partial charge in [0.05, 0.1) is 5.92 Å². The van der Waals surface area contributed by atoms with Gasteiger partial charge in [-0.05, 0) is 46.4 Å². The largest absolute Gasteiger partial charge is 0.454 e. The van der Waals surface area contributed by atoms with Crippen molar-refractivity contribution in [2.24, 2.45) is 5.73 Å². The van der Waals surface area contributed by atoms with Gasteiger partial charge in [0.15, 0.2) is 11.5 Å². The first-order chi connectivity index (χ1) is 11.2. The summed E-state index contributed by atoms with van der Waals surface area (Å²) in [5, 5.41) is 9.56. The molecule has 0 amide bonds. The molecule has 0 radical (unpaired) electrons. The lowest BCUT2D eigenvalue weighted by Crippen LogP contribution is -2.21. The van der Waals surface area contributed by atoms with Gasteiger partial charge >= 0.3 is 0 Å². The van der Waals surface area contributed by atoms with E-state index in [1.807, 2.05) is 30.3 Å². The predicted molar refractivity (Wildman–Crippen MR) is 91.0 cm³/mol. The molecule has 0 saturated carbocycles. The third-order valence-corrected chi connectivity index (χ3v) is 4.56. The topological polar surface area (TPSA) is 77.5 Å². The fraction of sp³-hybridized carbons (Fsp3) is 0.118. The van der Waals surface area contributed by atoms with Gasteiger partial charge < -0.3 is 19.9 Å². The fourth-order valence-corrected chi connectivity index (χ4v) is 3.44. The summed E-state index contributed by atoms with van der Waals surface area (Å²) in [6.45, 7) is 0.181. The second-order valence-electron chi connectivity index (χ2n) is 5.22. The molecule has 2 aromatic rings. The van der Waals surface area contributed by atoms with Gasteiger partial charge in [-0.25, -0.2) is 0 Å². The van der Waals surface area contributed by atoms with Crippen LogP contribution in [0.1, 0.15) is 17.0 Å². The molecule has 0 spiro atoms. The number of benzene rings is 2. The summed E-state index contributed by atoms with van der Waals surface area (Å²) in [6.07, 6.45) is 0. The molecule has 0 saturated heterocycles. The van der Waals surface area contributed by atoms with Crippen molar-refractivity contribution in [2.45, 2.75) is 5.92 Å². The average molecular weight is 418 g/mol. The van der Waals surface area contributed by atoms with Gasteiger partial charge in [0.25, 0.3) is 0 Å². The first-order valence-corrected chi connectivity index (χ1v) is 8.02. The molecule has 1 atom stereocenters. The summed E-state index contributed by atoms with van der Waals surface area (Å²) < 4.78 is 17.6. The Morgan fingerprint density at radius 2 is 1.91 bits per heavy atom. The Balaban J connectivity index is 1.94. The number of halogens is 1. The van der Waals surface area contributed by atoms with Crippen molar-refractivity contribution in [2.75, 3.05) is 6.79 Å². The minimum Gasteiger partial charge on any atom is -0.454 e. The summed E-state index contributed by atoms with van der Waals surface area (Å²) in [4.78, 5) is 0. The van der Waals surface area contributed by atoms with Crippen LogP contribution < -0.4 is 19.9 Å². The second kappa shape index (κ2) is 5.35. The number of hydrogen-bond donors (Lipinski definition) is 1. The molecular formula is C17H11IN2O3. The highest BCUT2D eigenvalue weighted by atomic mass is 127. The van der Waals surface area contributed by atoms with Crippen LogP contribution in [0.15, 0.2) is 47.9 Å². The Bertz CT molecular complexity index is 886. The van der Waals surface area contributed by atoms with E-state index in [-0.39, 0.29) is 18.6 Å². The number of hydrogen-bond acceptors (Lipinski definition) is 5. The molecule has 0 fully saturated rings. The number of nitrogens with two attached hydrogens (primary N) is 1. The lowest BCUT2D eigenvalue weighted by atomic mass is 9.83. The quantitative estimate of drug-likeness (QED) is 0.720. The first kappa shape index (κ1) is 14.2. The van der Waals surface area contributed by atoms with Crippen molar-refractivity contribution in [1.29, 1.82) is 5.26 Å². The van der Waals surface area contributed by atoms with Crippen molar-refractivity contribution in [3.05, 3.63) is 62.6 Å². The van der Waals surface area contributed by atoms with Gasteiger partial charge in [0, 0.05) is 15.2 Å². The van der Waals surface area contributed by atoms with Crippen LogP contribution in [0.5, 0.6) is 17.2 Å². The Labute approximate surface area is 146 Å². The SMILES string of the molecule is N#CC1=C(N)Oc2cc3c(cc2[C@H]1c1cccc(I)c1)OCO3. The number of rotatable bonds is 1. The Morgan fingerprint density at radius 3 is 2.65 bits per heavy atom. The molecule has 2 aromatic carbocycles. The van der Waals surface area contributed by atoms with Gasteiger partial charge in [0.1, 0.15) is 17.4 Å². The molecule has 2 aliphatic heterocycles. The normalized spacial score (nSPS) is 18.2. The minimum atomic E-state index is -0.284. The number of nitrogens with zero attached hydrogens (tertiary/aromatic N) is 1. The zero-order valence-corrected chi connectivity index (χ0v) is 14.0. The minimum absolute atomic E-state index is 0.128. The maximum atomic E-state index is 9.56. The zero-order chi connectivity index (χ0) is 16.0. The van der Waals surface area contributed by atoms with Crippen molar-refractivity contribution in [3.63, 3.8) is 0 Å². The van der Waals surface area contributed by atoms with Crippen LogP contribution in [-0.4, -0.2) is 6.79 Å². The van der Waals surface area contributed by atoms with E-state index >= 15 is 0 Å². The van der Waals surface area contributed by atoms with E-state index in [1.165, 1.54) is 0 Å². The predicted octanol–water partition coefficient (Wildman–Crippen LogP) is 3.24. The summed E-state index contributed by atoms with van der Waals surface area (Å²) in [5.41, 5.74) is 8.21. The van der Waals surface area contributed by atoms with Crippen LogP contribution in [0.4, 0.5) is 0 Å². The molecule has 5 nitrogen and oxygen atoms in total. The van der Waals surface area contributed by atoms with Crippen molar-refractivity contribution < 1.29 is 14.2 Å². The highest BCUT2D eigenvalue weighted by Crippen LogP contribution is 2.47. The number of allylic oxidation sites excluding steroid dienone is 1. The van der Waals surface area contributed by atoms with Crippen LogP contribution in [0, 0.1) is 14.9 Å². The van der Waals surface area contributed by atoms with Crippen LogP contribution in [-0.2, 0) is 0 Å². The second-order valence-corrected chi connectivity index (χ2v) is 6.47. The molecule has 114 valence electrons. The summed E-state index contributed by atoms with van der Waals surface area (Å²) in [7, 11) is 0. The molecule has 2 aliphatic rings. The first-order valence-electron chi connectivity index (χ1n) is 6.94. The van der Waals surface area contributed by atoms with E-state index < -0.39 is 0 Å². The number of fused-ring (bicyclic) bond motifs is 2. The molecule has 0 bridgehead atoms. The van der Waals surface area contributed by atoms with E-state index in [0.717, 1.165) is 14.7 Å². The average Bonchev–Trinajstić information content (AvgIpc) is 2.98. The Hall–Kier alpha value is -2.40. The zero-order valence-electron chi connectivity index (χ0n) is 11.9. The van der Waals surface area contributed by atoms with Gasteiger partial charge in [-0.2, -0.15) is 5.26 Å². The van der Waals surface area contributed by atoms with Gasteiger partial charge in [-0.1, -0.05) is 12.1 Å². The van der Waals surface area contributed by atoms with Crippen molar-refractivity contribution >= 4 is 22.6 Å². The summed E-state index contributed by atoms with van der Waals surface area (Å²) in [5.74, 6) is 1.71. The monoisotopic (exact) mass is 418 g/mol. The molecule has 4 rings (SSSR count).